The molecule has 0 aliphatic carbocycles. The monoisotopic (exact) mass is 238 g/mol. The van der Waals surface area contributed by atoms with Crippen molar-refractivity contribution in [1.29, 1.82) is 0 Å². The molecule has 1 aromatic carbocycles. The second kappa shape index (κ2) is 5.94. The highest BCUT2D eigenvalue weighted by Crippen LogP contribution is 2.24. The van der Waals surface area contributed by atoms with E-state index in [0.717, 1.165) is 22.6 Å². The van der Waals surface area contributed by atoms with Crippen LogP contribution >= 0.6 is 11.8 Å². The van der Waals surface area contributed by atoms with E-state index in [4.69, 9.17) is 5.11 Å². The van der Waals surface area contributed by atoms with Crippen molar-refractivity contribution in [2.75, 3.05) is 5.75 Å². The lowest BCUT2D eigenvalue weighted by molar-refractivity contribution is 0.0696. The van der Waals surface area contributed by atoms with Crippen molar-refractivity contribution < 1.29 is 9.90 Å². The summed E-state index contributed by atoms with van der Waals surface area (Å²) in [6, 6.07) is 5.64. The molecule has 1 unspecified atom stereocenters. The molecule has 0 heterocycles. The van der Waals surface area contributed by atoms with Crippen LogP contribution in [0.25, 0.3) is 0 Å². The van der Waals surface area contributed by atoms with E-state index in [0.29, 0.717) is 11.5 Å². The first-order chi connectivity index (χ1) is 7.54. The molecule has 1 atom stereocenters. The number of thioether (sulfide) groups is 1. The van der Waals surface area contributed by atoms with Crippen LogP contribution in [0, 0.1) is 12.8 Å². The number of benzene rings is 1. The number of hydrogen-bond donors (Lipinski definition) is 1. The van der Waals surface area contributed by atoms with Crippen molar-refractivity contribution >= 4 is 17.7 Å². The molecule has 0 aliphatic rings. The lowest BCUT2D eigenvalue weighted by Gasteiger charge is -2.09. The SMILES string of the molecule is CCC(C)CSc1ccc(C)c(C(=O)O)c1. The Balaban J connectivity index is 2.75. The van der Waals surface area contributed by atoms with Gasteiger partial charge in [-0.2, -0.15) is 0 Å². The first kappa shape index (κ1) is 13.1. The van der Waals surface area contributed by atoms with Gasteiger partial charge in [0.25, 0.3) is 0 Å². The van der Waals surface area contributed by atoms with Gasteiger partial charge in [-0.25, -0.2) is 4.79 Å². The fraction of sp³-hybridized carbons (Fsp3) is 0.462. The molecule has 0 saturated carbocycles. The lowest BCUT2D eigenvalue weighted by atomic mass is 10.1. The van der Waals surface area contributed by atoms with Crippen molar-refractivity contribution in [1.82, 2.24) is 0 Å². The predicted octanol–water partition coefficient (Wildman–Crippen LogP) is 3.83. The van der Waals surface area contributed by atoms with E-state index in [-0.39, 0.29) is 0 Å². The zero-order chi connectivity index (χ0) is 12.1. The molecule has 0 aliphatic heterocycles. The van der Waals surface area contributed by atoms with Gasteiger partial charge in [0.05, 0.1) is 5.56 Å². The summed E-state index contributed by atoms with van der Waals surface area (Å²) in [4.78, 5) is 12.0. The molecular formula is C13H18O2S. The van der Waals surface area contributed by atoms with Crippen LogP contribution < -0.4 is 0 Å². The van der Waals surface area contributed by atoms with Crippen molar-refractivity contribution in [3.05, 3.63) is 29.3 Å². The lowest BCUT2D eigenvalue weighted by Crippen LogP contribution is -2.00. The molecule has 0 aromatic heterocycles. The molecule has 1 rings (SSSR count). The second-order valence-corrected chi connectivity index (χ2v) is 5.20. The van der Waals surface area contributed by atoms with E-state index in [1.54, 1.807) is 17.8 Å². The fourth-order valence-electron chi connectivity index (χ4n) is 1.28. The van der Waals surface area contributed by atoms with Gasteiger partial charge < -0.3 is 5.11 Å². The highest BCUT2D eigenvalue weighted by Gasteiger charge is 2.08. The molecule has 88 valence electrons. The summed E-state index contributed by atoms with van der Waals surface area (Å²) in [5, 5.41) is 9.00. The van der Waals surface area contributed by atoms with Crippen LogP contribution in [-0.4, -0.2) is 16.8 Å². The van der Waals surface area contributed by atoms with Gasteiger partial charge >= 0.3 is 5.97 Å². The van der Waals surface area contributed by atoms with Crippen LogP contribution in [0.4, 0.5) is 0 Å². The van der Waals surface area contributed by atoms with Gasteiger partial charge in [-0.05, 0) is 30.5 Å². The number of aromatic carboxylic acids is 1. The molecule has 0 amide bonds. The minimum atomic E-state index is -0.844. The third kappa shape index (κ3) is 3.56. The highest BCUT2D eigenvalue weighted by atomic mass is 32.2. The molecule has 0 saturated heterocycles. The van der Waals surface area contributed by atoms with Crippen molar-refractivity contribution in [3.63, 3.8) is 0 Å². The minimum Gasteiger partial charge on any atom is -0.478 e. The third-order valence-electron chi connectivity index (χ3n) is 2.67. The number of rotatable bonds is 5. The maximum absolute atomic E-state index is 11.0. The van der Waals surface area contributed by atoms with Crippen LogP contribution in [0.15, 0.2) is 23.1 Å². The maximum atomic E-state index is 11.0. The quantitative estimate of drug-likeness (QED) is 0.792. The molecule has 16 heavy (non-hydrogen) atoms. The number of carboxylic acid groups (broad SMARTS) is 1. The number of carbonyl (C=O) groups is 1. The van der Waals surface area contributed by atoms with Crippen molar-refractivity contribution in [2.45, 2.75) is 32.1 Å². The maximum Gasteiger partial charge on any atom is 0.335 e. The summed E-state index contributed by atoms with van der Waals surface area (Å²) >= 11 is 1.73. The molecule has 0 radical (unpaired) electrons. The Morgan fingerprint density at radius 2 is 2.19 bits per heavy atom. The van der Waals surface area contributed by atoms with Gasteiger partial charge in [-0.1, -0.05) is 26.3 Å². The van der Waals surface area contributed by atoms with E-state index in [2.05, 4.69) is 13.8 Å². The normalized spacial score (nSPS) is 12.4. The van der Waals surface area contributed by atoms with Crippen molar-refractivity contribution in [2.24, 2.45) is 5.92 Å². The van der Waals surface area contributed by atoms with Gasteiger partial charge in [0.2, 0.25) is 0 Å². The predicted molar refractivity (Wildman–Crippen MR) is 68.3 cm³/mol. The average Bonchev–Trinajstić information content (AvgIpc) is 2.27. The second-order valence-electron chi connectivity index (χ2n) is 4.11. The summed E-state index contributed by atoms with van der Waals surface area (Å²) in [6.45, 7) is 6.20. The minimum absolute atomic E-state index is 0.411. The van der Waals surface area contributed by atoms with Crippen molar-refractivity contribution in [3.8, 4) is 0 Å². The van der Waals surface area contributed by atoms with Gasteiger partial charge in [-0.15, -0.1) is 11.8 Å². The fourth-order valence-corrected chi connectivity index (χ4v) is 2.36. The summed E-state index contributed by atoms with van der Waals surface area (Å²) in [5.74, 6) is 0.863. The van der Waals surface area contributed by atoms with Gasteiger partial charge in [0, 0.05) is 10.6 Å². The summed E-state index contributed by atoms with van der Waals surface area (Å²) in [6.07, 6.45) is 1.16. The first-order valence-electron chi connectivity index (χ1n) is 5.51. The summed E-state index contributed by atoms with van der Waals surface area (Å²) in [5.41, 5.74) is 1.23. The van der Waals surface area contributed by atoms with Gasteiger partial charge in [-0.3, -0.25) is 0 Å². The molecule has 1 aromatic rings. The number of carboxylic acids is 1. The number of hydrogen-bond acceptors (Lipinski definition) is 2. The molecule has 3 heteroatoms. The largest absolute Gasteiger partial charge is 0.478 e. The molecule has 0 spiro atoms. The van der Waals surface area contributed by atoms with Crippen LogP contribution in [-0.2, 0) is 0 Å². The first-order valence-corrected chi connectivity index (χ1v) is 6.50. The van der Waals surface area contributed by atoms with Gasteiger partial charge in [0.1, 0.15) is 0 Å². The van der Waals surface area contributed by atoms with Crippen LogP contribution in [0.2, 0.25) is 0 Å². The van der Waals surface area contributed by atoms with E-state index >= 15 is 0 Å². The molecule has 2 nitrogen and oxygen atoms in total. The Bertz CT molecular complexity index is 374. The van der Waals surface area contributed by atoms with Crippen LogP contribution in [0.5, 0.6) is 0 Å². The molecule has 0 fully saturated rings. The topological polar surface area (TPSA) is 37.3 Å². The Hall–Kier alpha value is -0.960. The van der Waals surface area contributed by atoms with Crippen LogP contribution in [0.3, 0.4) is 0 Å². The molecular weight excluding hydrogens is 220 g/mol. The zero-order valence-electron chi connectivity index (χ0n) is 9.99. The molecule has 0 bridgehead atoms. The van der Waals surface area contributed by atoms with E-state index in [1.165, 1.54) is 0 Å². The Morgan fingerprint density at radius 1 is 1.50 bits per heavy atom. The van der Waals surface area contributed by atoms with E-state index in [9.17, 15) is 4.79 Å². The zero-order valence-corrected chi connectivity index (χ0v) is 10.8. The molecule has 1 N–H and O–H groups in total. The van der Waals surface area contributed by atoms with E-state index in [1.807, 2.05) is 19.1 Å². The highest BCUT2D eigenvalue weighted by molar-refractivity contribution is 7.99. The Morgan fingerprint density at radius 3 is 2.75 bits per heavy atom. The van der Waals surface area contributed by atoms with Crippen LogP contribution in [0.1, 0.15) is 36.2 Å². The van der Waals surface area contributed by atoms with Gasteiger partial charge in [0.15, 0.2) is 0 Å². The summed E-state index contributed by atoms with van der Waals surface area (Å²) < 4.78 is 0. The Labute approximate surface area is 101 Å². The summed E-state index contributed by atoms with van der Waals surface area (Å²) in [7, 11) is 0. The smallest absolute Gasteiger partial charge is 0.335 e. The average molecular weight is 238 g/mol. The number of aryl methyl sites for hydroxylation is 1. The Kier molecular flexibility index (Phi) is 4.87. The standard InChI is InChI=1S/C13H18O2S/c1-4-9(2)8-16-11-6-5-10(3)12(7-11)13(14)15/h5-7,9H,4,8H2,1-3H3,(H,14,15). The van der Waals surface area contributed by atoms with E-state index < -0.39 is 5.97 Å². The third-order valence-corrected chi connectivity index (χ3v) is 3.99.